The molecule has 0 spiro atoms. The van der Waals surface area contributed by atoms with E-state index in [1.54, 1.807) is 0 Å². The third-order valence-electron chi connectivity index (χ3n) is 4.70. The number of hydrogen-bond donors (Lipinski definition) is 1. The fraction of sp³-hybridized carbons (Fsp3) is 0.857. The average Bonchev–Trinajstić information content (AvgIpc) is 3.00. The minimum absolute atomic E-state index is 0. The van der Waals surface area contributed by atoms with E-state index in [0.29, 0.717) is 13.2 Å². The van der Waals surface area contributed by atoms with E-state index >= 15 is 0 Å². The van der Waals surface area contributed by atoms with E-state index in [0.717, 1.165) is 13.0 Å². The summed E-state index contributed by atoms with van der Waals surface area (Å²) in [7, 11) is 1.98. The number of nitrogens with zero attached hydrogens (tertiary/aromatic N) is 2. The number of imidazole rings is 1. The molecule has 0 bridgehead atoms. The molecule has 1 aromatic rings. The monoisotopic (exact) mass is 432 g/mol. The van der Waals surface area contributed by atoms with Crippen molar-refractivity contribution >= 4 is 0 Å². The zero-order valence-electron chi connectivity index (χ0n) is 17.0. The van der Waals surface area contributed by atoms with Gasteiger partial charge in [0.2, 0.25) is 6.33 Å². The Balaban J connectivity index is 0.00000625. The normalized spacial score (nSPS) is 12.1. The highest BCUT2D eigenvalue weighted by Gasteiger charge is 2.09. The summed E-state index contributed by atoms with van der Waals surface area (Å²) in [6, 6.07) is 0. The van der Waals surface area contributed by atoms with Crippen molar-refractivity contribution in [1.82, 2.24) is 4.57 Å². The van der Waals surface area contributed by atoms with Gasteiger partial charge >= 0.3 is 0 Å². The predicted octanol–water partition coefficient (Wildman–Crippen LogP) is 1.40. The summed E-state index contributed by atoms with van der Waals surface area (Å²) in [5.74, 6) is 0. The highest BCUT2D eigenvalue weighted by Crippen LogP contribution is 2.11. The Morgan fingerprint density at radius 3 is 1.96 bits per heavy atom. The van der Waals surface area contributed by atoms with E-state index in [2.05, 4.69) is 6.92 Å². The first kappa shape index (κ1) is 25.6. The fourth-order valence-corrected chi connectivity index (χ4v) is 3.17. The molecule has 1 atom stereocenters. The third kappa shape index (κ3) is 14.7. The van der Waals surface area contributed by atoms with E-state index in [1.807, 2.05) is 34.9 Å². The second-order valence-electron chi connectivity index (χ2n) is 7.39. The molecule has 5 heteroatoms. The van der Waals surface area contributed by atoms with Crippen molar-refractivity contribution in [2.24, 2.45) is 7.05 Å². The van der Waals surface area contributed by atoms with Crippen molar-refractivity contribution < 1.29 is 31.4 Å². The van der Waals surface area contributed by atoms with Crippen molar-refractivity contribution in [3.63, 3.8) is 0 Å². The minimum atomic E-state index is -0.426. The van der Waals surface area contributed by atoms with Crippen LogP contribution in [0.4, 0.5) is 0 Å². The summed E-state index contributed by atoms with van der Waals surface area (Å²) in [6.07, 6.45) is 21.8. The van der Waals surface area contributed by atoms with Crippen LogP contribution in [0.3, 0.4) is 0 Å². The Hall–Kier alpha value is -0.390. The Kier molecular flexibility index (Phi) is 17.7. The Labute approximate surface area is 171 Å². The number of unbranched alkanes of at least 4 members (excludes halogenated alkanes) is 11. The SMILES string of the molecule is CCCCCCCCCCCCCCOCC(O)Cn1cc[n+](C)c1.[Br-]. The maximum absolute atomic E-state index is 9.95. The number of aliphatic hydroxyl groups excluding tert-OH is 1. The molecule has 0 aromatic carbocycles. The molecule has 1 heterocycles. The quantitative estimate of drug-likeness (QED) is 0.298. The van der Waals surface area contributed by atoms with Crippen LogP contribution in [0.2, 0.25) is 0 Å². The molecule has 0 aliphatic rings. The van der Waals surface area contributed by atoms with Crippen LogP contribution in [0.15, 0.2) is 18.7 Å². The summed E-state index contributed by atoms with van der Waals surface area (Å²) < 4.78 is 9.55. The molecule has 0 saturated carbocycles. The fourth-order valence-electron chi connectivity index (χ4n) is 3.17. The van der Waals surface area contributed by atoms with Crippen molar-refractivity contribution in [2.75, 3.05) is 13.2 Å². The molecule has 0 aliphatic heterocycles. The van der Waals surface area contributed by atoms with Crippen LogP contribution in [0.1, 0.15) is 84.0 Å². The van der Waals surface area contributed by atoms with Crippen LogP contribution in [-0.4, -0.2) is 29.0 Å². The maximum Gasteiger partial charge on any atom is 0.243 e. The summed E-state index contributed by atoms with van der Waals surface area (Å²) in [6.45, 7) is 4.07. The molecule has 1 rings (SSSR count). The summed E-state index contributed by atoms with van der Waals surface area (Å²) >= 11 is 0. The van der Waals surface area contributed by atoms with Gasteiger partial charge in [-0.25, -0.2) is 9.13 Å². The first-order valence-corrected chi connectivity index (χ1v) is 10.5. The van der Waals surface area contributed by atoms with Gasteiger partial charge < -0.3 is 26.8 Å². The van der Waals surface area contributed by atoms with Gasteiger partial charge in [0, 0.05) is 6.61 Å². The highest BCUT2D eigenvalue weighted by molar-refractivity contribution is 4.68. The van der Waals surface area contributed by atoms with Crippen molar-refractivity contribution in [2.45, 2.75) is 96.6 Å². The number of aromatic nitrogens is 2. The number of ether oxygens (including phenoxy) is 1. The van der Waals surface area contributed by atoms with Crippen LogP contribution in [0.25, 0.3) is 0 Å². The molecule has 0 radical (unpaired) electrons. The molecule has 4 nitrogen and oxygen atoms in total. The standard InChI is InChI=1S/C21H41N2O2.BrH/c1-3-4-5-6-7-8-9-10-11-12-13-14-17-25-19-21(24)18-23-16-15-22(2)20-23;/h15-16,20-21,24H,3-14,17-19H2,1-2H3;1H/q+1;/p-1. The van der Waals surface area contributed by atoms with Gasteiger partial charge in [-0.05, 0) is 6.42 Å². The lowest BCUT2D eigenvalue weighted by Gasteiger charge is -2.09. The summed E-state index contributed by atoms with van der Waals surface area (Å²) in [5, 5.41) is 9.95. The van der Waals surface area contributed by atoms with Gasteiger partial charge in [0.05, 0.1) is 13.7 Å². The van der Waals surface area contributed by atoms with Crippen LogP contribution < -0.4 is 21.5 Å². The highest BCUT2D eigenvalue weighted by atomic mass is 79.9. The summed E-state index contributed by atoms with van der Waals surface area (Å²) in [4.78, 5) is 0. The Bertz CT molecular complexity index is 412. The smallest absolute Gasteiger partial charge is 0.243 e. The molecule has 0 fully saturated rings. The van der Waals surface area contributed by atoms with E-state index < -0.39 is 6.10 Å². The van der Waals surface area contributed by atoms with E-state index in [-0.39, 0.29) is 17.0 Å². The zero-order chi connectivity index (χ0) is 18.2. The molecular formula is C21H41BrN2O2. The molecule has 1 N–H and O–H groups in total. The first-order valence-electron chi connectivity index (χ1n) is 10.5. The Morgan fingerprint density at radius 1 is 0.923 bits per heavy atom. The lowest BCUT2D eigenvalue weighted by Crippen LogP contribution is -3.00. The molecule has 26 heavy (non-hydrogen) atoms. The second kappa shape index (κ2) is 18.0. The first-order chi connectivity index (χ1) is 12.2. The Morgan fingerprint density at radius 2 is 1.46 bits per heavy atom. The second-order valence-corrected chi connectivity index (χ2v) is 7.39. The van der Waals surface area contributed by atoms with Gasteiger partial charge in [-0.2, -0.15) is 0 Å². The number of rotatable bonds is 17. The molecule has 0 aliphatic carbocycles. The van der Waals surface area contributed by atoms with Crippen LogP contribution in [0, 0.1) is 0 Å². The van der Waals surface area contributed by atoms with Gasteiger partial charge in [0.25, 0.3) is 0 Å². The van der Waals surface area contributed by atoms with Gasteiger partial charge in [-0.1, -0.05) is 77.6 Å². The third-order valence-corrected chi connectivity index (χ3v) is 4.70. The van der Waals surface area contributed by atoms with Crippen LogP contribution in [0.5, 0.6) is 0 Å². The summed E-state index contributed by atoms with van der Waals surface area (Å²) in [5.41, 5.74) is 0. The van der Waals surface area contributed by atoms with Gasteiger partial charge in [0.1, 0.15) is 25.0 Å². The van der Waals surface area contributed by atoms with E-state index in [9.17, 15) is 5.11 Å². The van der Waals surface area contributed by atoms with Crippen molar-refractivity contribution in [1.29, 1.82) is 0 Å². The predicted molar refractivity (Wildman–Crippen MR) is 104 cm³/mol. The molecule has 1 aromatic heterocycles. The number of hydrogen-bond acceptors (Lipinski definition) is 2. The molecule has 0 amide bonds. The topological polar surface area (TPSA) is 38.3 Å². The van der Waals surface area contributed by atoms with Crippen molar-refractivity contribution in [3.05, 3.63) is 18.7 Å². The molecule has 154 valence electrons. The zero-order valence-corrected chi connectivity index (χ0v) is 18.6. The van der Waals surface area contributed by atoms with E-state index in [4.69, 9.17) is 4.74 Å². The van der Waals surface area contributed by atoms with Gasteiger partial charge in [0.15, 0.2) is 0 Å². The van der Waals surface area contributed by atoms with Crippen molar-refractivity contribution in [3.8, 4) is 0 Å². The number of halogens is 1. The lowest BCUT2D eigenvalue weighted by molar-refractivity contribution is -0.671. The largest absolute Gasteiger partial charge is 1.00 e. The number of aryl methyl sites for hydroxylation is 1. The van der Waals surface area contributed by atoms with Crippen LogP contribution in [-0.2, 0) is 18.3 Å². The average molecular weight is 433 g/mol. The van der Waals surface area contributed by atoms with Gasteiger partial charge in [-0.15, -0.1) is 0 Å². The minimum Gasteiger partial charge on any atom is -1.00 e. The maximum atomic E-state index is 9.95. The van der Waals surface area contributed by atoms with Gasteiger partial charge in [-0.3, -0.25) is 0 Å². The lowest BCUT2D eigenvalue weighted by atomic mass is 10.1. The molecule has 1 unspecified atom stereocenters. The van der Waals surface area contributed by atoms with Crippen LogP contribution >= 0.6 is 0 Å². The molecular weight excluding hydrogens is 392 g/mol. The van der Waals surface area contributed by atoms with E-state index in [1.165, 1.54) is 70.6 Å². The molecule has 0 saturated heterocycles. The number of aliphatic hydroxyl groups is 1.